The zero-order valence-electron chi connectivity index (χ0n) is 14.7. The van der Waals surface area contributed by atoms with E-state index in [0.29, 0.717) is 10.8 Å². The maximum atomic E-state index is 13.2. The maximum absolute atomic E-state index is 13.2. The average molecular weight is 434 g/mol. The van der Waals surface area contributed by atoms with E-state index < -0.39 is 5.54 Å². The summed E-state index contributed by atoms with van der Waals surface area (Å²) in [7, 11) is 3.22. The molecule has 3 aromatic rings. The number of halogens is 1. The van der Waals surface area contributed by atoms with Crippen LogP contribution in [0.25, 0.3) is 11.1 Å². The molecule has 2 heterocycles. The fourth-order valence-electron chi connectivity index (χ4n) is 3.39. The third kappa shape index (κ3) is 3.10. The minimum Gasteiger partial charge on any atom is -0.482 e. The zero-order chi connectivity index (χ0) is 19.2. The number of carbonyl (C=O) groups is 1. The van der Waals surface area contributed by atoms with E-state index >= 15 is 0 Å². The first-order valence-corrected chi connectivity index (χ1v) is 11.3. The molecule has 0 N–H and O–H groups in total. The number of para-hydroxylation sites is 2. The monoisotopic (exact) mass is 433 g/mol. The summed E-state index contributed by atoms with van der Waals surface area (Å²) in [6.07, 6.45) is 0. The Morgan fingerprint density at radius 3 is 2.63 bits per heavy atom. The minimum atomic E-state index is -0.511. The van der Waals surface area contributed by atoms with E-state index in [1.165, 1.54) is 0 Å². The third-order valence-corrected chi connectivity index (χ3v) is 8.24. The Balaban J connectivity index is 1.73. The first-order valence-electron chi connectivity index (χ1n) is 8.34. The number of amides is 1. The molecule has 0 saturated heterocycles. The van der Waals surface area contributed by atoms with Crippen molar-refractivity contribution >= 4 is 56.1 Å². The highest BCUT2D eigenvalue weighted by atomic mass is 35.5. The van der Waals surface area contributed by atoms with Gasteiger partial charge in [-0.3, -0.25) is 9.69 Å². The van der Waals surface area contributed by atoms with Crippen LogP contribution in [0.3, 0.4) is 0 Å². The fraction of sp³-hybridized carbons (Fsp3) is 0.200. The van der Waals surface area contributed by atoms with Crippen LogP contribution in [-0.2, 0) is 10.3 Å². The smallest absolute Gasteiger partial charge is 0.265 e. The van der Waals surface area contributed by atoms with Crippen LogP contribution in [0.2, 0.25) is 5.02 Å². The predicted octanol–water partition coefficient (Wildman–Crippen LogP) is 6.52. The molecule has 0 saturated carbocycles. The van der Waals surface area contributed by atoms with Crippen LogP contribution in [0.15, 0.2) is 48.5 Å². The van der Waals surface area contributed by atoms with Crippen molar-refractivity contribution in [1.82, 2.24) is 0 Å². The lowest BCUT2D eigenvalue weighted by Crippen LogP contribution is -2.49. The standard InChI is InChI=1S/C20H16ClNO2S3/c1-20(2)18-17(19(25)27-26-18)12-7-3-5-9-14(12)22(20)16(23)11-24-15-10-6-4-8-13(15)21/h3-10H,11H2,1-2H3. The van der Waals surface area contributed by atoms with Gasteiger partial charge in [0.1, 0.15) is 9.57 Å². The molecule has 0 radical (unpaired) electrons. The maximum Gasteiger partial charge on any atom is 0.265 e. The van der Waals surface area contributed by atoms with Gasteiger partial charge in [-0.1, -0.05) is 74.8 Å². The van der Waals surface area contributed by atoms with Crippen LogP contribution in [0.4, 0.5) is 5.69 Å². The second-order valence-corrected chi connectivity index (χ2v) is 9.91. The van der Waals surface area contributed by atoms with E-state index in [-0.39, 0.29) is 12.5 Å². The molecule has 1 aliphatic heterocycles. The first-order chi connectivity index (χ1) is 12.9. The molecule has 2 aromatic carbocycles. The molecule has 3 nitrogen and oxygen atoms in total. The number of anilines is 1. The second-order valence-electron chi connectivity index (χ2n) is 6.68. The van der Waals surface area contributed by atoms with E-state index in [2.05, 4.69) is 0 Å². The summed E-state index contributed by atoms with van der Waals surface area (Å²) < 4.78 is 6.59. The molecule has 0 unspecified atom stereocenters. The lowest BCUT2D eigenvalue weighted by molar-refractivity contribution is -0.121. The van der Waals surface area contributed by atoms with Gasteiger partial charge < -0.3 is 4.74 Å². The molecule has 1 amide bonds. The summed E-state index contributed by atoms with van der Waals surface area (Å²) in [5.74, 6) is 0.379. The number of ether oxygens (including phenoxy) is 1. The lowest BCUT2D eigenvalue weighted by atomic mass is 9.87. The van der Waals surface area contributed by atoms with Crippen molar-refractivity contribution in [2.75, 3.05) is 11.5 Å². The van der Waals surface area contributed by atoms with Crippen LogP contribution >= 0.6 is 44.5 Å². The predicted molar refractivity (Wildman–Crippen MR) is 116 cm³/mol. The van der Waals surface area contributed by atoms with E-state index in [4.69, 9.17) is 28.6 Å². The summed E-state index contributed by atoms with van der Waals surface area (Å²) in [5.41, 5.74) is 2.43. The summed E-state index contributed by atoms with van der Waals surface area (Å²) in [6, 6.07) is 15.1. The Bertz CT molecular complexity index is 1090. The fourth-order valence-corrected chi connectivity index (χ4v) is 6.86. The van der Waals surface area contributed by atoms with Crippen molar-refractivity contribution in [2.24, 2.45) is 0 Å². The minimum absolute atomic E-state index is 0.0909. The van der Waals surface area contributed by atoms with E-state index in [1.807, 2.05) is 55.1 Å². The quantitative estimate of drug-likeness (QED) is 0.348. The number of carbonyl (C=O) groups excluding carboxylic acids is 1. The van der Waals surface area contributed by atoms with E-state index in [0.717, 1.165) is 25.5 Å². The summed E-state index contributed by atoms with van der Waals surface area (Å²) >= 11 is 11.7. The Hall–Kier alpha value is -1.73. The van der Waals surface area contributed by atoms with Gasteiger partial charge in [-0.2, -0.15) is 0 Å². The molecule has 1 aromatic heterocycles. The lowest BCUT2D eigenvalue weighted by Gasteiger charge is -2.42. The topological polar surface area (TPSA) is 29.5 Å². The van der Waals surface area contributed by atoms with Gasteiger partial charge in [0.2, 0.25) is 0 Å². The molecule has 0 aliphatic carbocycles. The van der Waals surface area contributed by atoms with Crippen molar-refractivity contribution in [3.63, 3.8) is 0 Å². The Morgan fingerprint density at radius 1 is 1.15 bits per heavy atom. The van der Waals surface area contributed by atoms with Crippen molar-refractivity contribution in [1.29, 1.82) is 0 Å². The van der Waals surface area contributed by atoms with Gasteiger partial charge in [-0.15, -0.1) is 0 Å². The number of hydrogen-bond acceptors (Lipinski definition) is 5. The van der Waals surface area contributed by atoms with Crippen molar-refractivity contribution in [3.8, 4) is 16.9 Å². The van der Waals surface area contributed by atoms with Gasteiger partial charge in [0.05, 0.1) is 21.1 Å². The SMILES string of the molecule is CC1(C)c2ssc(=S)c2-c2ccccc2N1C(=O)COc1ccccc1Cl. The van der Waals surface area contributed by atoms with Gasteiger partial charge in [0.25, 0.3) is 5.91 Å². The Kier molecular flexibility index (Phi) is 4.84. The van der Waals surface area contributed by atoms with Gasteiger partial charge in [-0.05, 0) is 32.0 Å². The molecule has 7 heteroatoms. The Morgan fingerprint density at radius 2 is 1.85 bits per heavy atom. The highest BCUT2D eigenvalue weighted by Crippen LogP contribution is 2.51. The molecule has 0 spiro atoms. The molecule has 0 fully saturated rings. The van der Waals surface area contributed by atoms with Crippen molar-refractivity contribution < 1.29 is 9.53 Å². The number of nitrogens with zero attached hydrogens (tertiary/aromatic N) is 1. The third-order valence-electron chi connectivity index (χ3n) is 4.60. The van der Waals surface area contributed by atoms with Crippen LogP contribution in [0.1, 0.15) is 18.7 Å². The molecular weight excluding hydrogens is 418 g/mol. The zero-order valence-corrected chi connectivity index (χ0v) is 17.9. The summed E-state index contributed by atoms with van der Waals surface area (Å²) in [5, 5.41) is 0.488. The molecular formula is C20H16ClNO2S3. The second kappa shape index (κ2) is 7.02. The Labute approximate surface area is 175 Å². The van der Waals surface area contributed by atoms with Crippen LogP contribution in [0.5, 0.6) is 5.75 Å². The van der Waals surface area contributed by atoms with E-state index in [1.54, 1.807) is 32.8 Å². The van der Waals surface area contributed by atoms with Gasteiger partial charge in [0, 0.05) is 11.1 Å². The molecule has 138 valence electrons. The largest absolute Gasteiger partial charge is 0.482 e. The number of rotatable bonds is 3. The first kappa shape index (κ1) is 18.6. The van der Waals surface area contributed by atoms with Crippen LogP contribution in [0, 0.1) is 3.82 Å². The van der Waals surface area contributed by atoms with Gasteiger partial charge in [0.15, 0.2) is 6.61 Å². The summed E-state index contributed by atoms with van der Waals surface area (Å²) in [6.45, 7) is 4.01. The molecule has 0 atom stereocenters. The van der Waals surface area contributed by atoms with Crippen molar-refractivity contribution in [2.45, 2.75) is 19.4 Å². The van der Waals surface area contributed by atoms with E-state index in [9.17, 15) is 4.79 Å². The number of fused-ring (bicyclic) bond motifs is 3. The highest BCUT2D eigenvalue weighted by molar-refractivity contribution is 7.80. The van der Waals surface area contributed by atoms with Gasteiger partial charge >= 0.3 is 0 Å². The highest BCUT2D eigenvalue weighted by Gasteiger charge is 2.42. The number of benzene rings is 2. The van der Waals surface area contributed by atoms with Crippen molar-refractivity contribution in [3.05, 3.63) is 62.3 Å². The van der Waals surface area contributed by atoms with Gasteiger partial charge in [-0.25, -0.2) is 0 Å². The molecule has 4 rings (SSSR count). The number of hydrogen-bond donors (Lipinski definition) is 0. The van der Waals surface area contributed by atoms with Crippen LogP contribution < -0.4 is 9.64 Å². The average Bonchev–Trinajstić information content (AvgIpc) is 3.04. The van der Waals surface area contributed by atoms with Crippen LogP contribution in [-0.4, -0.2) is 12.5 Å². The molecule has 1 aliphatic rings. The molecule has 0 bridgehead atoms. The normalized spacial score (nSPS) is 14.4. The summed E-state index contributed by atoms with van der Waals surface area (Å²) in [4.78, 5) is 16.1. The molecule has 27 heavy (non-hydrogen) atoms.